The number of hydrogen-bond donors (Lipinski definition) is 1. The number of rotatable bonds is 5. The van der Waals surface area contributed by atoms with E-state index in [1.165, 1.54) is 0 Å². The summed E-state index contributed by atoms with van der Waals surface area (Å²) in [6.07, 6.45) is 1.63. The summed E-state index contributed by atoms with van der Waals surface area (Å²) in [5, 5.41) is 0. The first-order valence-electron chi connectivity index (χ1n) is 8.04. The van der Waals surface area contributed by atoms with Crippen LogP contribution in [-0.2, 0) is 14.3 Å². The van der Waals surface area contributed by atoms with E-state index in [1.54, 1.807) is 30.3 Å². The van der Waals surface area contributed by atoms with Crippen molar-refractivity contribution in [2.45, 2.75) is 13.8 Å². The van der Waals surface area contributed by atoms with Gasteiger partial charge in [0.05, 0.1) is 0 Å². The molecule has 0 aliphatic carbocycles. The summed E-state index contributed by atoms with van der Waals surface area (Å²) in [4.78, 5) is 27.1. The van der Waals surface area contributed by atoms with Crippen LogP contribution >= 0.6 is 0 Å². The first kappa shape index (κ1) is 17.4. The number of cyclic esters (lactones) is 1. The second kappa shape index (κ2) is 7.23. The summed E-state index contributed by atoms with van der Waals surface area (Å²) in [6.45, 7) is 3.83. The molecule has 0 fully saturated rings. The summed E-state index contributed by atoms with van der Waals surface area (Å²) in [5.74, 6) is -0.226. The molecule has 0 bridgehead atoms. The maximum Gasteiger partial charge on any atom is 0.363 e. The molecule has 1 aliphatic heterocycles. The molecule has 2 aromatic rings. The van der Waals surface area contributed by atoms with Crippen LogP contribution in [0.2, 0.25) is 0 Å². The maximum atomic E-state index is 12.1. The summed E-state index contributed by atoms with van der Waals surface area (Å²) >= 11 is 0. The van der Waals surface area contributed by atoms with Gasteiger partial charge in [0.1, 0.15) is 5.75 Å². The molecular weight excluding hydrogens is 332 g/mol. The summed E-state index contributed by atoms with van der Waals surface area (Å²) in [5.41, 5.74) is 9.04. The SMILES string of the molecule is Cc1ccc(C2=N/C(=C\c3ccc(OCC(N)=O)cc3)C(=O)O2)cc1C. The minimum atomic E-state index is -0.543. The number of aliphatic imine (C=N–C) groups is 1. The van der Waals surface area contributed by atoms with Crippen LogP contribution in [0.15, 0.2) is 53.2 Å². The number of carbonyl (C=O) groups excluding carboxylic acids is 2. The molecule has 26 heavy (non-hydrogen) atoms. The van der Waals surface area contributed by atoms with Crippen LogP contribution < -0.4 is 10.5 Å². The normalized spacial score (nSPS) is 14.9. The van der Waals surface area contributed by atoms with E-state index in [4.69, 9.17) is 15.2 Å². The fraction of sp³-hybridized carbons (Fsp3) is 0.150. The van der Waals surface area contributed by atoms with E-state index < -0.39 is 11.9 Å². The van der Waals surface area contributed by atoms with Crippen molar-refractivity contribution in [3.05, 3.63) is 70.4 Å². The number of primary amides is 1. The van der Waals surface area contributed by atoms with E-state index in [2.05, 4.69) is 4.99 Å². The van der Waals surface area contributed by atoms with Gasteiger partial charge in [-0.05, 0) is 60.9 Å². The zero-order valence-corrected chi connectivity index (χ0v) is 14.5. The van der Waals surface area contributed by atoms with E-state index in [-0.39, 0.29) is 12.3 Å². The Kier molecular flexibility index (Phi) is 4.84. The number of nitrogens with zero attached hydrogens (tertiary/aromatic N) is 1. The molecule has 1 amide bonds. The Bertz CT molecular complexity index is 927. The van der Waals surface area contributed by atoms with Gasteiger partial charge in [-0.3, -0.25) is 4.79 Å². The van der Waals surface area contributed by atoms with Gasteiger partial charge < -0.3 is 15.2 Å². The average molecular weight is 350 g/mol. The predicted octanol–water partition coefficient (Wildman–Crippen LogP) is 2.51. The second-order valence-electron chi connectivity index (χ2n) is 5.96. The molecule has 0 saturated carbocycles. The molecule has 2 N–H and O–H groups in total. The zero-order valence-electron chi connectivity index (χ0n) is 14.5. The molecule has 0 unspecified atom stereocenters. The van der Waals surface area contributed by atoms with Gasteiger partial charge in [-0.1, -0.05) is 18.2 Å². The molecule has 0 spiro atoms. The number of amides is 1. The Hall–Kier alpha value is -3.41. The minimum Gasteiger partial charge on any atom is -0.484 e. The van der Waals surface area contributed by atoms with Gasteiger partial charge in [0, 0.05) is 5.56 Å². The van der Waals surface area contributed by atoms with E-state index in [0.717, 1.165) is 22.3 Å². The Morgan fingerprint density at radius 3 is 2.54 bits per heavy atom. The van der Waals surface area contributed by atoms with Gasteiger partial charge in [-0.25, -0.2) is 9.79 Å². The number of aryl methyl sites for hydroxylation is 2. The molecule has 132 valence electrons. The first-order chi connectivity index (χ1) is 12.4. The lowest BCUT2D eigenvalue weighted by atomic mass is 10.1. The van der Waals surface area contributed by atoms with E-state index in [0.29, 0.717) is 11.6 Å². The summed E-state index contributed by atoms with van der Waals surface area (Å²) in [7, 11) is 0. The van der Waals surface area contributed by atoms with Gasteiger partial charge in [0.15, 0.2) is 12.3 Å². The third-order valence-electron chi connectivity index (χ3n) is 3.94. The van der Waals surface area contributed by atoms with Crippen molar-refractivity contribution in [1.82, 2.24) is 0 Å². The Balaban J connectivity index is 1.79. The molecule has 3 rings (SSSR count). The number of esters is 1. The number of benzene rings is 2. The van der Waals surface area contributed by atoms with Gasteiger partial charge in [0.25, 0.3) is 5.91 Å². The van der Waals surface area contributed by atoms with E-state index in [9.17, 15) is 9.59 Å². The van der Waals surface area contributed by atoms with Crippen molar-refractivity contribution < 1.29 is 19.1 Å². The van der Waals surface area contributed by atoms with Gasteiger partial charge in [-0.15, -0.1) is 0 Å². The monoisotopic (exact) mass is 350 g/mol. The molecule has 6 heteroatoms. The van der Waals surface area contributed by atoms with Crippen LogP contribution in [0.25, 0.3) is 6.08 Å². The van der Waals surface area contributed by atoms with Crippen molar-refractivity contribution in [3.8, 4) is 5.75 Å². The third-order valence-corrected chi connectivity index (χ3v) is 3.94. The molecule has 0 aromatic heterocycles. The van der Waals surface area contributed by atoms with Crippen molar-refractivity contribution in [2.24, 2.45) is 10.7 Å². The van der Waals surface area contributed by atoms with Crippen LogP contribution in [0.1, 0.15) is 22.3 Å². The molecule has 0 atom stereocenters. The van der Waals surface area contributed by atoms with Crippen LogP contribution in [0.3, 0.4) is 0 Å². The average Bonchev–Trinajstić information content (AvgIpc) is 2.97. The number of carbonyl (C=O) groups is 2. The lowest BCUT2D eigenvalue weighted by Crippen LogP contribution is -2.19. The second-order valence-corrected chi connectivity index (χ2v) is 5.96. The van der Waals surface area contributed by atoms with Crippen LogP contribution in [0.4, 0.5) is 0 Å². The van der Waals surface area contributed by atoms with Gasteiger partial charge in [-0.2, -0.15) is 0 Å². The van der Waals surface area contributed by atoms with Crippen molar-refractivity contribution in [1.29, 1.82) is 0 Å². The fourth-order valence-corrected chi connectivity index (χ4v) is 2.38. The van der Waals surface area contributed by atoms with Crippen molar-refractivity contribution in [3.63, 3.8) is 0 Å². The zero-order chi connectivity index (χ0) is 18.7. The highest BCUT2D eigenvalue weighted by Gasteiger charge is 2.24. The highest BCUT2D eigenvalue weighted by Crippen LogP contribution is 2.21. The molecule has 0 saturated heterocycles. The molecule has 2 aromatic carbocycles. The predicted molar refractivity (Wildman–Crippen MR) is 97.7 cm³/mol. The number of ether oxygens (including phenoxy) is 2. The van der Waals surface area contributed by atoms with Crippen molar-refractivity contribution in [2.75, 3.05) is 6.61 Å². The quantitative estimate of drug-likeness (QED) is 0.662. The topological polar surface area (TPSA) is 91.0 Å². The smallest absolute Gasteiger partial charge is 0.363 e. The van der Waals surface area contributed by atoms with Crippen LogP contribution in [0.5, 0.6) is 5.75 Å². The van der Waals surface area contributed by atoms with Gasteiger partial charge >= 0.3 is 5.97 Å². The lowest BCUT2D eigenvalue weighted by molar-refractivity contribution is -0.130. The molecule has 1 aliphatic rings. The van der Waals surface area contributed by atoms with E-state index >= 15 is 0 Å². The highest BCUT2D eigenvalue weighted by molar-refractivity contribution is 6.12. The van der Waals surface area contributed by atoms with E-state index in [1.807, 2.05) is 32.0 Å². The molecule has 0 radical (unpaired) electrons. The Morgan fingerprint density at radius 1 is 1.15 bits per heavy atom. The fourth-order valence-electron chi connectivity index (χ4n) is 2.38. The highest BCUT2D eigenvalue weighted by atomic mass is 16.6. The summed E-state index contributed by atoms with van der Waals surface area (Å²) < 4.78 is 10.5. The van der Waals surface area contributed by atoms with Gasteiger partial charge in [0.2, 0.25) is 5.90 Å². The van der Waals surface area contributed by atoms with Crippen LogP contribution in [0, 0.1) is 13.8 Å². The largest absolute Gasteiger partial charge is 0.484 e. The Morgan fingerprint density at radius 2 is 1.88 bits per heavy atom. The first-order valence-corrected chi connectivity index (χ1v) is 8.04. The van der Waals surface area contributed by atoms with Crippen LogP contribution in [-0.4, -0.2) is 24.4 Å². The standard InChI is InChI=1S/C20H18N2O4/c1-12-3-6-15(9-13(12)2)19-22-17(20(24)26-19)10-14-4-7-16(8-5-14)25-11-18(21)23/h3-10H,11H2,1-2H3,(H2,21,23)/b17-10-. The van der Waals surface area contributed by atoms with Crippen molar-refractivity contribution >= 4 is 23.9 Å². The number of nitrogens with two attached hydrogens (primary N) is 1. The Labute approximate surface area is 150 Å². The molecule has 1 heterocycles. The lowest BCUT2D eigenvalue weighted by Gasteiger charge is -2.03. The maximum absolute atomic E-state index is 12.1. The third kappa shape index (κ3) is 3.97. The molecular formula is C20H18N2O4. The minimum absolute atomic E-state index is 0.184. The number of hydrogen-bond acceptors (Lipinski definition) is 5. The molecule has 6 nitrogen and oxygen atoms in total. The summed E-state index contributed by atoms with van der Waals surface area (Å²) in [6, 6.07) is 12.7.